The largest absolute Gasteiger partial charge is 0.478 e. The summed E-state index contributed by atoms with van der Waals surface area (Å²) in [5.74, 6) is -1.12. The van der Waals surface area contributed by atoms with E-state index in [0.29, 0.717) is 5.39 Å². The number of carboxylic acids is 1. The lowest BCUT2D eigenvalue weighted by molar-refractivity contribution is -0.115. The van der Waals surface area contributed by atoms with Gasteiger partial charge in [-0.15, -0.1) is 0 Å². The van der Waals surface area contributed by atoms with Gasteiger partial charge in [0.15, 0.2) is 0 Å². The lowest BCUT2D eigenvalue weighted by Crippen LogP contribution is -2.22. The van der Waals surface area contributed by atoms with Crippen LogP contribution in [0, 0.1) is 0 Å². The molecule has 0 fully saturated rings. The van der Waals surface area contributed by atoms with E-state index in [0.717, 1.165) is 6.33 Å². The Labute approximate surface area is 105 Å². The zero-order valence-electron chi connectivity index (χ0n) is 9.40. The zero-order valence-corrected chi connectivity index (χ0v) is 9.40. The van der Waals surface area contributed by atoms with Crippen LogP contribution in [0.25, 0.3) is 10.9 Å². The molecule has 5 nitrogen and oxygen atoms in total. The van der Waals surface area contributed by atoms with E-state index in [2.05, 4.69) is 15.3 Å². The Morgan fingerprint density at radius 1 is 1.32 bits per heavy atom. The van der Waals surface area contributed by atoms with Crippen molar-refractivity contribution < 1.29 is 23.1 Å². The van der Waals surface area contributed by atoms with E-state index in [1.807, 2.05) is 0 Å². The van der Waals surface area contributed by atoms with Crippen LogP contribution in [0.2, 0.25) is 0 Å². The summed E-state index contributed by atoms with van der Waals surface area (Å²) >= 11 is 0. The first-order chi connectivity index (χ1) is 8.87. The summed E-state index contributed by atoms with van der Waals surface area (Å²) in [6.45, 7) is -1.22. The molecule has 1 heterocycles. The van der Waals surface area contributed by atoms with Crippen molar-refractivity contribution in [2.45, 2.75) is 6.18 Å². The SMILES string of the molecule is O=C(O)c1ccc2c(NCC(F)(F)F)ncnc2c1. The number of carbonyl (C=O) groups is 1. The third kappa shape index (κ3) is 3.09. The molecule has 19 heavy (non-hydrogen) atoms. The van der Waals surface area contributed by atoms with Crippen LogP contribution in [0.15, 0.2) is 24.5 Å². The van der Waals surface area contributed by atoms with Crippen LogP contribution in [0.1, 0.15) is 10.4 Å². The first kappa shape index (κ1) is 13.1. The fourth-order valence-electron chi connectivity index (χ4n) is 1.51. The number of hydrogen-bond donors (Lipinski definition) is 2. The molecular formula is C11H8F3N3O2. The Balaban J connectivity index is 2.38. The number of hydrogen-bond acceptors (Lipinski definition) is 4. The Bertz CT molecular complexity index is 628. The number of carboxylic acid groups (broad SMARTS) is 1. The fourth-order valence-corrected chi connectivity index (χ4v) is 1.51. The normalized spacial score (nSPS) is 11.5. The maximum atomic E-state index is 12.1. The van der Waals surface area contributed by atoms with Crippen molar-refractivity contribution in [2.75, 3.05) is 11.9 Å². The number of halogens is 3. The van der Waals surface area contributed by atoms with Crippen molar-refractivity contribution in [3.8, 4) is 0 Å². The fraction of sp³-hybridized carbons (Fsp3) is 0.182. The summed E-state index contributed by atoms with van der Waals surface area (Å²) in [5.41, 5.74) is 0.271. The summed E-state index contributed by atoms with van der Waals surface area (Å²) in [6.07, 6.45) is -3.29. The topological polar surface area (TPSA) is 75.1 Å². The molecule has 1 aromatic carbocycles. The van der Waals surface area contributed by atoms with E-state index in [1.165, 1.54) is 18.2 Å². The number of aromatic nitrogens is 2. The van der Waals surface area contributed by atoms with E-state index in [-0.39, 0.29) is 16.9 Å². The number of nitrogens with one attached hydrogen (secondary N) is 1. The van der Waals surface area contributed by atoms with Gasteiger partial charge in [-0.25, -0.2) is 14.8 Å². The third-order valence-corrected chi connectivity index (χ3v) is 2.34. The minimum atomic E-state index is -4.36. The van der Waals surface area contributed by atoms with Crippen LogP contribution in [0.4, 0.5) is 19.0 Å². The second-order valence-electron chi connectivity index (χ2n) is 3.73. The van der Waals surface area contributed by atoms with Crippen LogP contribution < -0.4 is 5.32 Å². The number of benzene rings is 1. The number of anilines is 1. The van der Waals surface area contributed by atoms with Gasteiger partial charge in [0.05, 0.1) is 11.1 Å². The van der Waals surface area contributed by atoms with Crippen molar-refractivity contribution in [1.82, 2.24) is 9.97 Å². The molecule has 0 amide bonds. The van der Waals surface area contributed by atoms with Crippen molar-refractivity contribution in [2.24, 2.45) is 0 Å². The van der Waals surface area contributed by atoms with E-state index >= 15 is 0 Å². The molecule has 0 unspecified atom stereocenters. The molecule has 0 saturated carbocycles. The minimum absolute atomic E-state index is 0.00738. The van der Waals surface area contributed by atoms with Crippen molar-refractivity contribution in [3.63, 3.8) is 0 Å². The van der Waals surface area contributed by atoms with Gasteiger partial charge in [0.25, 0.3) is 0 Å². The van der Waals surface area contributed by atoms with Crippen LogP contribution in [0.5, 0.6) is 0 Å². The predicted molar refractivity (Wildman–Crippen MR) is 61.0 cm³/mol. The van der Waals surface area contributed by atoms with Gasteiger partial charge in [-0.2, -0.15) is 13.2 Å². The number of nitrogens with zero attached hydrogens (tertiary/aromatic N) is 2. The van der Waals surface area contributed by atoms with Crippen LogP contribution in [-0.4, -0.2) is 33.8 Å². The molecule has 8 heteroatoms. The first-order valence-corrected chi connectivity index (χ1v) is 5.15. The Morgan fingerprint density at radius 3 is 2.68 bits per heavy atom. The van der Waals surface area contributed by atoms with Gasteiger partial charge in [0.2, 0.25) is 0 Å². The van der Waals surface area contributed by atoms with Gasteiger partial charge in [-0.1, -0.05) is 0 Å². The molecule has 2 rings (SSSR count). The van der Waals surface area contributed by atoms with Crippen molar-refractivity contribution in [3.05, 3.63) is 30.1 Å². The molecule has 0 bridgehead atoms. The van der Waals surface area contributed by atoms with Crippen molar-refractivity contribution >= 4 is 22.7 Å². The van der Waals surface area contributed by atoms with Gasteiger partial charge in [0.1, 0.15) is 18.7 Å². The van der Waals surface area contributed by atoms with Crippen LogP contribution in [0.3, 0.4) is 0 Å². The molecule has 2 aromatic rings. The predicted octanol–water partition coefficient (Wildman–Crippen LogP) is 2.30. The quantitative estimate of drug-likeness (QED) is 0.895. The second-order valence-corrected chi connectivity index (χ2v) is 3.73. The summed E-state index contributed by atoms with van der Waals surface area (Å²) in [4.78, 5) is 18.3. The molecule has 0 atom stereocenters. The van der Waals surface area contributed by atoms with Gasteiger partial charge in [-0.3, -0.25) is 0 Å². The maximum Gasteiger partial charge on any atom is 0.405 e. The molecule has 0 radical (unpaired) electrons. The Kier molecular flexibility index (Phi) is 3.24. The zero-order chi connectivity index (χ0) is 14.0. The standard InChI is InChI=1S/C11H8F3N3O2/c12-11(13,14)4-15-9-7-2-1-6(10(18)19)3-8(7)16-5-17-9/h1-3,5H,4H2,(H,18,19)(H,15,16,17). The molecule has 0 saturated heterocycles. The minimum Gasteiger partial charge on any atom is -0.478 e. The summed E-state index contributed by atoms with van der Waals surface area (Å²) in [5, 5.41) is 11.3. The molecule has 0 aliphatic heterocycles. The highest BCUT2D eigenvalue weighted by atomic mass is 19.4. The van der Waals surface area contributed by atoms with Gasteiger partial charge in [-0.05, 0) is 18.2 Å². The molecule has 100 valence electrons. The second kappa shape index (κ2) is 4.71. The highest BCUT2D eigenvalue weighted by molar-refractivity contribution is 5.96. The Hall–Kier alpha value is -2.38. The van der Waals surface area contributed by atoms with Crippen molar-refractivity contribution in [1.29, 1.82) is 0 Å². The number of rotatable bonds is 3. The van der Waals surface area contributed by atoms with Crippen LogP contribution in [-0.2, 0) is 0 Å². The summed E-state index contributed by atoms with van der Waals surface area (Å²) < 4.78 is 36.4. The van der Waals surface area contributed by atoms with Crippen LogP contribution >= 0.6 is 0 Å². The maximum absolute atomic E-state index is 12.1. The molecule has 1 aromatic heterocycles. The Morgan fingerprint density at radius 2 is 2.05 bits per heavy atom. The summed E-state index contributed by atoms with van der Waals surface area (Å²) in [6, 6.07) is 3.93. The van der Waals surface area contributed by atoms with E-state index in [1.54, 1.807) is 0 Å². The first-order valence-electron chi connectivity index (χ1n) is 5.15. The number of aromatic carboxylic acids is 1. The highest BCUT2D eigenvalue weighted by Crippen LogP contribution is 2.22. The average Bonchev–Trinajstić information content (AvgIpc) is 2.34. The van der Waals surface area contributed by atoms with E-state index in [9.17, 15) is 18.0 Å². The average molecular weight is 271 g/mol. The lowest BCUT2D eigenvalue weighted by Gasteiger charge is -2.10. The van der Waals surface area contributed by atoms with Gasteiger partial charge < -0.3 is 10.4 Å². The third-order valence-electron chi connectivity index (χ3n) is 2.34. The smallest absolute Gasteiger partial charge is 0.405 e. The van der Waals surface area contributed by atoms with Gasteiger partial charge >= 0.3 is 12.1 Å². The monoisotopic (exact) mass is 271 g/mol. The highest BCUT2D eigenvalue weighted by Gasteiger charge is 2.27. The molecular weight excluding hydrogens is 263 g/mol. The summed E-state index contributed by atoms with van der Waals surface area (Å²) in [7, 11) is 0. The molecule has 0 aliphatic rings. The number of alkyl halides is 3. The molecule has 0 aliphatic carbocycles. The molecule has 0 spiro atoms. The molecule has 2 N–H and O–H groups in total. The number of fused-ring (bicyclic) bond motifs is 1. The van der Waals surface area contributed by atoms with Gasteiger partial charge in [0, 0.05) is 5.39 Å². The van der Waals surface area contributed by atoms with E-state index in [4.69, 9.17) is 5.11 Å². The van der Waals surface area contributed by atoms with E-state index < -0.39 is 18.7 Å². The lowest BCUT2D eigenvalue weighted by atomic mass is 10.1.